The third-order valence-electron chi connectivity index (χ3n) is 5.55. The van der Waals surface area contributed by atoms with Crippen molar-refractivity contribution in [2.45, 2.75) is 45.2 Å². The van der Waals surface area contributed by atoms with Gasteiger partial charge in [-0.25, -0.2) is 4.68 Å². The Balaban J connectivity index is 1.92. The van der Waals surface area contributed by atoms with Crippen LogP contribution >= 0.6 is 0 Å². The van der Waals surface area contributed by atoms with Gasteiger partial charge in [0.15, 0.2) is 17.3 Å². The monoisotopic (exact) mass is 412 g/mol. The second-order valence-corrected chi connectivity index (χ2v) is 8.61. The highest BCUT2D eigenvalue weighted by molar-refractivity contribution is 5.83. The molecule has 0 radical (unpaired) electrons. The summed E-state index contributed by atoms with van der Waals surface area (Å²) in [7, 11) is 3.17. The molecule has 2 aromatic heterocycles. The highest BCUT2D eigenvalue weighted by Crippen LogP contribution is 2.34. The number of tetrazole rings is 1. The van der Waals surface area contributed by atoms with Crippen LogP contribution in [0.25, 0.3) is 10.9 Å². The van der Waals surface area contributed by atoms with Crippen LogP contribution in [-0.2, 0) is 5.54 Å². The molecule has 9 nitrogen and oxygen atoms in total. The average Bonchev–Trinajstić information content (AvgIpc) is 3.40. The Morgan fingerprint density at radius 1 is 1.07 bits per heavy atom. The highest BCUT2D eigenvalue weighted by atomic mass is 16.5. The van der Waals surface area contributed by atoms with Gasteiger partial charge in [0, 0.05) is 17.0 Å². The maximum absolute atomic E-state index is 13.2. The second kappa shape index (κ2) is 7.71. The van der Waals surface area contributed by atoms with Gasteiger partial charge in [0.2, 0.25) is 0 Å². The molecule has 0 spiro atoms. The molecule has 3 heterocycles. The molecule has 0 bridgehead atoms. The predicted molar refractivity (Wildman–Crippen MR) is 113 cm³/mol. The number of hydrogen-bond donors (Lipinski definition) is 1. The predicted octanol–water partition coefficient (Wildman–Crippen LogP) is 2.47. The maximum Gasteiger partial charge on any atom is 0.253 e. The highest BCUT2D eigenvalue weighted by Gasteiger charge is 2.34. The summed E-state index contributed by atoms with van der Waals surface area (Å²) in [5.41, 5.74) is 0.848. The van der Waals surface area contributed by atoms with Crippen molar-refractivity contribution < 1.29 is 9.47 Å². The van der Waals surface area contributed by atoms with Crippen LogP contribution in [0, 0.1) is 0 Å². The van der Waals surface area contributed by atoms with Gasteiger partial charge in [0.1, 0.15) is 6.04 Å². The first-order valence-corrected chi connectivity index (χ1v) is 10.1. The van der Waals surface area contributed by atoms with Crippen molar-refractivity contribution in [2.24, 2.45) is 0 Å². The van der Waals surface area contributed by atoms with Gasteiger partial charge in [-0.1, -0.05) is 0 Å². The van der Waals surface area contributed by atoms with Crippen molar-refractivity contribution in [3.8, 4) is 11.5 Å². The summed E-state index contributed by atoms with van der Waals surface area (Å²) in [5.74, 6) is 1.86. The number of ether oxygens (including phenoxy) is 2. The van der Waals surface area contributed by atoms with E-state index in [0.29, 0.717) is 28.4 Å². The molecule has 1 fully saturated rings. The van der Waals surface area contributed by atoms with E-state index in [9.17, 15) is 4.79 Å². The standard InChI is InChI=1S/C21H28N6O3/c1-21(2,3)27-19(23-24-25-27)18(26-8-6-7-9-26)14-10-13-11-16(29-4)17(30-5)12-15(13)22-20(14)28/h10-12,18H,6-9H2,1-5H3,(H,22,28)/t18-/m0/s1. The molecule has 1 aliphatic heterocycles. The molecule has 0 amide bonds. The fourth-order valence-electron chi connectivity index (χ4n) is 4.09. The minimum atomic E-state index is -0.331. The molecule has 1 aliphatic rings. The van der Waals surface area contributed by atoms with Crippen molar-refractivity contribution in [3.05, 3.63) is 39.9 Å². The summed E-state index contributed by atoms with van der Waals surface area (Å²) in [4.78, 5) is 18.5. The lowest BCUT2D eigenvalue weighted by Gasteiger charge is -2.29. The molecule has 0 saturated carbocycles. The number of likely N-dealkylation sites (tertiary alicyclic amines) is 1. The summed E-state index contributed by atoms with van der Waals surface area (Å²) < 4.78 is 12.6. The van der Waals surface area contributed by atoms with Crippen molar-refractivity contribution in [3.63, 3.8) is 0 Å². The molecule has 3 aromatic rings. The number of pyridine rings is 1. The molecule has 1 saturated heterocycles. The number of aromatic amines is 1. The van der Waals surface area contributed by atoms with Crippen molar-refractivity contribution in [2.75, 3.05) is 27.3 Å². The lowest BCUT2D eigenvalue weighted by molar-refractivity contribution is 0.241. The number of H-pyrrole nitrogens is 1. The van der Waals surface area contributed by atoms with Crippen LogP contribution in [0.4, 0.5) is 0 Å². The van der Waals surface area contributed by atoms with Crippen molar-refractivity contribution in [1.82, 2.24) is 30.1 Å². The molecule has 9 heteroatoms. The first-order valence-electron chi connectivity index (χ1n) is 10.1. The number of methoxy groups -OCH3 is 2. The first-order chi connectivity index (χ1) is 14.3. The van der Waals surface area contributed by atoms with Crippen molar-refractivity contribution >= 4 is 10.9 Å². The minimum absolute atomic E-state index is 0.157. The van der Waals surface area contributed by atoms with Gasteiger partial charge in [-0.05, 0) is 69.3 Å². The van der Waals surface area contributed by atoms with E-state index < -0.39 is 0 Å². The largest absolute Gasteiger partial charge is 0.493 e. The summed E-state index contributed by atoms with van der Waals surface area (Å²) in [6, 6.07) is 5.24. The number of hydrogen-bond acceptors (Lipinski definition) is 7. The van der Waals surface area contributed by atoms with E-state index in [1.165, 1.54) is 0 Å². The average molecular weight is 412 g/mol. The van der Waals surface area contributed by atoms with E-state index in [2.05, 4.69) is 46.2 Å². The summed E-state index contributed by atoms with van der Waals surface area (Å²) in [6.07, 6.45) is 2.17. The molecular weight excluding hydrogens is 384 g/mol. The van der Waals surface area contributed by atoms with Crippen LogP contribution in [0.5, 0.6) is 11.5 Å². The molecule has 1 N–H and O–H groups in total. The Morgan fingerprint density at radius 2 is 1.73 bits per heavy atom. The van der Waals surface area contributed by atoms with Crippen LogP contribution < -0.4 is 15.0 Å². The van der Waals surface area contributed by atoms with E-state index in [-0.39, 0.29) is 17.1 Å². The Bertz CT molecular complexity index is 1110. The number of rotatable bonds is 5. The van der Waals surface area contributed by atoms with Gasteiger partial charge < -0.3 is 14.5 Å². The molecule has 1 atom stereocenters. The Hall–Kier alpha value is -2.94. The third-order valence-corrected chi connectivity index (χ3v) is 5.55. The molecule has 4 rings (SSSR count). The quantitative estimate of drug-likeness (QED) is 0.687. The zero-order chi connectivity index (χ0) is 21.5. The van der Waals surface area contributed by atoms with Crippen LogP contribution in [0.2, 0.25) is 0 Å². The fraction of sp³-hybridized carbons (Fsp3) is 0.524. The lowest BCUT2D eigenvalue weighted by Crippen LogP contribution is -2.36. The number of aromatic nitrogens is 5. The van der Waals surface area contributed by atoms with E-state index in [4.69, 9.17) is 9.47 Å². The van der Waals surface area contributed by atoms with E-state index >= 15 is 0 Å². The zero-order valence-corrected chi connectivity index (χ0v) is 18.1. The van der Waals surface area contributed by atoms with Crippen LogP contribution in [0.1, 0.15) is 51.0 Å². The second-order valence-electron chi connectivity index (χ2n) is 8.61. The van der Waals surface area contributed by atoms with Crippen molar-refractivity contribution in [1.29, 1.82) is 0 Å². The van der Waals surface area contributed by atoms with Crippen LogP contribution in [0.15, 0.2) is 23.0 Å². The van der Waals surface area contributed by atoms with E-state index in [1.807, 2.05) is 16.8 Å². The SMILES string of the molecule is COc1cc2cc([C@@H](c3nnnn3C(C)(C)C)N3CCCC3)c(=O)[nH]c2cc1OC. The molecule has 1 aromatic carbocycles. The van der Waals surface area contributed by atoms with Gasteiger partial charge in [-0.3, -0.25) is 9.69 Å². The molecular formula is C21H28N6O3. The lowest BCUT2D eigenvalue weighted by atomic mass is 10.0. The molecule has 160 valence electrons. The summed E-state index contributed by atoms with van der Waals surface area (Å²) in [6.45, 7) is 7.94. The molecule has 30 heavy (non-hydrogen) atoms. The topological polar surface area (TPSA) is 98.2 Å². The smallest absolute Gasteiger partial charge is 0.253 e. The Kier molecular flexibility index (Phi) is 5.23. The normalized spacial score (nSPS) is 16.2. The minimum Gasteiger partial charge on any atom is -0.493 e. The van der Waals surface area contributed by atoms with Gasteiger partial charge in [0.25, 0.3) is 5.56 Å². The summed E-state index contributed by atoms with van der Waals surface area (Å²) >= 11 is 0. The summed E-state index contributed by atoms with van der Waals surface area (Å²) in [5, 5.41) is 13.4. The number of fused-ring (bicyclic) bond motifs is 1. The number of benzene rings is 1. The van der Waals surface area contributed by atoms with E-state index in [1.54, 1.807) is 20.3 Å². The third kappa shape index (κ3) is 3.54. The van der Waals surface area contributed by atoms with Crippen LogP contribution in [-0.4, -0.2) is 57.4 Å². The Morgan fingerprint density at radius 3 is 2.37 bits per heavy atom. The first kappa shape index (κ1) is 20.3. The number of nitrogens with one attached hydrogen (secondary N) is 1. The zero-order valence-electron chi connectivity index (χ0n) is 18.1. The fourth-order valence-corrected chi connectivity index (χ4v) is 4.09. The maximum atomic E-state index is 13.2. The molecule has 0 unspecified atom stereocenters. The Labute approximate surface area is 175 Å². The van der Waals surface area contributed by atoms with Gasteiger partial charge in [-0.2, -0.15) is 0 Å². The van der Waals surface area contributed by atoms with Gasteiger partial charge >= 0.3 is 0 Å². The van der Waals surface area contributed by atoms with Crippen LogP contribution in [0.3, 0.4) is 0 Å². The van der Waals surface area contributed by atoms with E-state index in [0.717, 1.165) is 31.3 Å². The molecule has 0 aliphatic carbocycles. The van der Waals surface area contributed by atoms with Gasteiger partial charge in [-0.15, -0.1) is 5.10 Å². The van der Waals surface area contributed by atoms with Gasteiger partial charge in [0.05, 0.1) is 25.3 Å². The number of nitrogens with zero attached hydrogens (tertiary/aromatic N) is 5.